The van der Waals surface area contributed by atoms with E-state index in [0.29, 0.717) is 5.92 Å². The van der Waals surface area contributed by atoms with Gasteiger partial charge < -0.3 is 14.7 Å². The molecule has 2 N–H and O–H groups in total. The number of ether oxygens (including phenoxy) is 1. The summed E-state index contributed by atoms with van der Waals surface area (Å²) in [5, 5.41) is 0. The molecule has 0 aromatic carbocycles. The number of hydrogen-bond donors (Lipinski definition) is 2. The maximum Gasteiger partial charge on any atom is 0.146 e. The number of rotatable bonds is 5. The van der Waals surface area contributed by atoms with Crippen LogP contribution in [0.3, 0.4) is 0 Å². The van der Waals surface area contributed by atoms with Gasteiger partial charge in [0, 0.05) is 23.7 Å². The maximum absolute atomic E-state index is 5.65. The van der Waals surface area contributed by atoms with Crippen LogP contribution in [0, 0.1) is 0 Å². The van der Waals surface area contributed by atoms with Gasteiger partial charge >= 0.3 is 0 Å². The van der Waals surface area contributed by atoms with Crippen LogP contribution >= 0.6 is 0 Å². The lowest BCUT2D eigenvalue weighted by atomic mass is 9.89. The summed E-state index contributed by atoms with van der Waals surface area (Å²) in [7, 11) is 1.72. The minimum Gasteiger partial charge on any atom is -0.494 e. The Morgan fingerprint density at radius 2 is 2.07 bits per heavy atom. The Balaban J connectivity index is 1.71. The van der Waals surface area contributed by atoms with Crippen LogP contribution in [0.15, 0.2) is 46.9 Å². The quantitative estimate of drug-likeness (QED) is 0.601. The minimum atomic E-state index is 0.623. The maximum atomic E-state index is 5.65. The number of aromatic amines is 2. The lowest BCUT2D eigenvalue weighted by Crippen LogP contribution is -2.00. The first-order valence-electron chi connectivity index (χ1n) is 11.2. The second-order valence-electron chi connectivity index (χ2n) is 8.28. The number of fused-ring (bicyclic) bond motifs is 2. The van der Waals surface area contributed by atoms with E-state index in [1.54, 1.807) is 7.11 Å². The molecule has 2 aliphatic rings. The fourth-order valence-electron chi connectivity index (χ4n) is 4.63. The monoisotopic (exact) mass is 391 g/mol. The number of allylic oxidation sites excluding steroid dienone is 1. The molecular formula is C25H33N3O. The van der Waals surface area contributed by atoms with E-state index >= 15 is 0 Å². The van der Waals surface area contributed by atoms with Crippen LogP contribution in [-0.4, -0.2) is 22.8 Å². The average molecular weight is 392 g/mol. The summed E-state index contributed by atoms with van der Waals surface area (Å²) in [6.45, 7) is 2.30. The molecule has 0 saturated heterocycles. The van der Waals surface area contributed by atoms with Gasteiger partial charge in [0.1, 0.15) is 11.5 Å². The molecule has 29 heavy (non-hydrogen) atoms. The van der Waals surface area contributed by atoms with Crippen molar-refractivity contribution in [3.63, 3.8) is 0 Å². The molecule has 0 radical (unpaired) electrons. The zero-order chi connectivity index (χ0) is 20.1. The van der Waals surface area contributed by atoms with Gasteiger partial charge in [-0.2, -0.15) is 0 Å². The highest BCUT2D eigenvalue weighted by atomic mass is 16.5. The number of methoxy groups -OCH3 is 1. The van der Waals surface area contributed by atoms with Crippen LogP contribution in [0.25, 0.3) is 6.08 Å². The highest BCUT2D eigenvalue weighted by Crippen LogP contribution is 2.34. The van der Waals surface area contributed by atoms with E-state index < -0.39 is 0 Å². The standard InChI is InChI=1S/C25H33N3O/c1-3-10-18-11-7-5-4-6-8-12-19-15-20(18)22(27-19)16-24-25(29-2)17-23(28-24)21-13-9-14-26-21/h9,13-18,26-27H,3-8,10-12H2,1-2H3. The molecule has 1 atom stereocenters. The number of aliphatic imine (C=N–C) groups is 1. The van der Waals surface area contributed by atoms with Crippen molar-refractivity contribution in [1.82, 2.24) is 9.97 Å². The van der Waals surface area contributed by atoms with E-state index in [2.05, 4.69) is 29.0 Å². The molecule has 2 bridgehead atoms. The summed E-state index contributed by atoms with van der Waals surface area (Å²) in [4.78, 5) is 11.8. The Bertz CT molecular complexity index is 899. The fourth-order valence-corrected chi connectivity index (χ4v) is 4.63. The van der Waals surface area contributed by atoms with Crippen molar-refractivity contribution >= 4 is 11.8 Å². The number of H-pyrrole nitrogens is 2. The second kappa shape index (κ2) is 9.34. The SMILES string of the molecule is CCCC1CCCCCCCc2cc1c(C=C1N=C(c3ccc[nH]3)C=C1OC)[nH]2. The molecular weight excluding hydrogens is 358 g/mol. The predicted molar refractivity (Wildman–Crippen MR) is 120 cm³/mol. The van der Waals surface area contributed by atoms with Gasteiger partial charge in [0.2, 0.25) is 0 Å². The van der Waals surface area contributed by atoms with Crippen LogP contribution in [0.4, 0.5) is 0 Å². The molecule has 0 fully saturated rings. The van der Waals surface area contributed by atoms with Gasteiger partial charge in [0.25, 0.3) is 0 Å². The topological polar surface area (TPSA) is 53.2 Å². The van der Waals surface area contributed by atoms with Crippen molar-refractivity contribution in [2.75, 3.05) is 7.11 Å². The normalized spacial score (nSPS) is 21.6. The summed E-state index contributed by atoms with van der Waals surface area (Å²) in [5.41, 5.74) is 6.88. The molecule has 2 aromatic heterocycles. The molecule has 0 saturated carbocycles. The third-order valence-electron chi connectivity index (χ3n) is 6.15. The van der Waals surface area contributed by atoms with Crippen molar-refractivity contribution in [2.24, 2.45) is 4.99 Å². The van der Waals surface area contributed by atoms with Gasteiger partial charge in [-0.1, -0.05) is 39.0 Å². The van der Waals surface area contributed by atoms with E-state index in [0.717, 1.165) is 29.3 Å². The summed E-state index contributed by atoms with van der Waals surface area (Å²) in [6, 6.07) is 6.47. The molecule has 4 nitrogen and oxygen atoms in total. The largest absolute Gasteiger partial charge is 0.494 e. The zero-order valence-electron chi connectivity index (χ0n) is 17.8. The minimum absolute atomic E-state index is 0.623. The summed E-state index contributed by atoms with van der Waals surface area (Å²) in [6.07, 6.45) is 17.7. The van der Waals surface area contributed by atoms with Crippen LogP contribution in [0.2, 0.25) is 0 Å². The average Bonchev–Trinajstić information content (AvgIpc) is 3.45. The van der Waals surface area contributed by atoms with Crippen LogP contribution < -0.4 is 0 Å². The summed E-state index contributed by atoms with van der Waals surface area (Å²) >= 11 is 0. The lowest BCUT2D eigenvalue weighted by Gasteiger charge is -2.16. The Labute approximate surface area is 174 Å². The molecule has 1 aliphatic carbocycles. The summed E-state index contributed by atoms with van der Waals surface area (Å²) in [5.74, 6) is 1.45. The number of aromatic nitrogens is 2. The Morgan fingerprint density at radius 1 is 1.21 bits per heavy atom. The van der Waals surface area contributed by atoms with Crippen molar-refractivity contribution < 1.29 is 4.74 Å². The van der Waals surface area contributed by atoms with Gasteiger partial charge in [-0.3, -0.25) is 0 Å². The number of aryl methyl sites for hydroxylation is 1. The summed E-state index contributed by atoms with van der Waals surface area (Å²) < 4.78 is 5.65. The van der Waals surface area contributed by atoms with Crippen molar-refractivity contribution in [3.8, 4) is 0 Å². The van der Waals surface area contributed by atoms with E-state index in [1.165, 1.54) is 68.3 Å². The first-order chi connectivity index (χ1) is 14.3. The van der Waals surface area contributed by atoms with E-state index in [1.807, 2.05) is 24.4 Å². The Morgan fingerprint density at radius 3 is 2.86 bits per heavy atom. The lowest BCUT2D eigenvalue weighted by molar-refractivity contribution is 0.303. The molecule has 0 amide bonds. The zero-order valence-corrected chi connectivity index (χ0v) is 17.8. The van der Waals surface area contributed by atoms with E-state index in [4.69, 9.17) is 9.73 Å². The molecule has 0 spiro atoms. The fraction of sp³-hybridized carbons (Fsp3) is 0.480. The van der Waals surface area contributed by atoms with Gasteiger partial charge in [-0.15, -0.1) is 0 Å². The number of hydrogen-bond acceptors (Lipinski definition) is 2. The van der Waals surface area contributed by atoms with Crippen LogP contribution in [0.5, 0.6) is 0 Å². The molecule has 3 heterocycles. The predicted octanol–water partition coefficient (Wildman–Crippen LogP) is 6.50. The van der Waals surface area contributed by atoms with Crippen LogP contribution in [-0.2, 0) is 11.2 Å². The molecule has 1 aliphatic heterocycles. The first kappa shape index (κ1) is 19.8. The molecule has 154 valence electrons. The molecule has 4 rings (SSSR count). The van der Waals surface area contributed by atoms with Crippen molar-refractivity contribution in [1.29, 1.82) is 0 Å². The van der Waals surface area contributed by atoms with Crippen molar-refractivity contribution in [3.05, 3.63) is 64.6 Å². The Hall–Kier alpha value is -2.49. The molecule has 4 heteroatoms. The van der Waals surface area contributed by atoms with Gasteiger partial charge in [0.05, 0.1) is 18.5 Å². The highest BCUT2D eigenvalue weighted by Gasteiger charge is 2.21. The third kappa shape index (κ3) is 4.58. The number of nitrogens with one attached hydrogen (secondary N) is 2. The van der Waals surface area contributed by atoms with Crippen LogP contribution in [0.1, 0.15) is 86.9 Å². The highest BCUT2D eigenvalue weighted by molar-refractivity contribution is 6.11. The number of nitrogens with zero attached hydrogens (tertiary/aromatic N) is 1. The molecule has 1 unspecified atom stereocenters. The molecule has 2 aromatic rings. The van der Waals surface area contributed by atoms with Crippen molar-refractivity contribution in [2.45, 2.75) is 70.6 Å². The van der Waals surface area contributed by atoms with Gasteiger partial charge in [-0.25, -0.2) is 4.99 Å². The Kier molecular flexibility index (Phi) is 6.38. The van der Waals surface area contributed by atoms with Gasteiger partial charge in [-0.05, 0) is 61.4 Å². The van der Waals surface area contributed by atoms with Gasteiger partial charge in [0.15, 0.2) is 0 Å². The third-order valence-corrected chi connectivity index (χ3v) is 6.15. The second-order valence-corrected chi connectivity index (χ2v) is 8.28. The smallest absolute Gasteiger partial charge is 0.146 e. The van der Waals surface area contributed by atoms with E-state index in [9.17, 15) is 0 Å². The van der Waals surface area contributed by atoms with E-state index in [-0.39, 0.29) is 0 Å². The first-order valence-corrected chi connectivity index (χ1v) is 11.2.